The number of nitrogens with two attached hydrogens (primary N) is 1. The molecule has 1 aromatic rings. The van der Waals surface area contributed by atoms with E-state index in [9.17, 15) is 9.90 Å². The summed E-state index contributed by atoms with van der Waals surface area (Å²) in [7, 11) is 0. The van der Waals surface area contributed by atoms with Crippen LogP contribution in [0.25, 0.3) is 0 Å². The first-order valence-electron chi connectivity index (χ1n) is 7.03. The molecule has 1 heterocycles. The van der Waals surface area contributed by atoms with Gasteiger partial charge in [-0.1, -0.05) is 13.3 Å². The van der Waals surface area contributed by atoms with Crippen LogP contribution < -0.4 is 10.6 Å². The molecule has 0 aromatic heterocycles. The van der Waals surface area contributed by atoms with Crippen LogP contribution in [0.2, 0.25) is 0 Å². The van der Waals surface area contributed by atoms with Gasteiger partial charge in [-0.25, -0.2) is 4.79 Å². The van der Waals surface area contributed by atoms with Gasteiger partial charge in [0.1, 0.15) is 0 Å². The number of benzene rings is 1. The van der Waals surface area contributed by atoms with Crippen molar-refractivity contribution < 1.29 is 9.90 Å². The molecule has 1 atom stereocenters. The fourth-order valence-electron chi connectivity index (χ4n) is 2.93. The van der Waals surface area contributed by atoms with Crippen LogP contribution in [0.5, 0.6) is 0 Å². The highest BCUT2D eigenvalue weighted by Gasteiger charge is 2.25. The van der Waals surface area contributed by atoms with Gasteiger partial charge in [-0.2, -0.15) is 0 Å². The van der Waals surface area contributed by atoms with Crippen LogP contribution in [-0.2, 0) is 0 Å². The molecule has 0 spiro atoms. The van der Waals surface area contributed by atoms with Crippen LogP contribution in [0.3, 0.4) is 0 Å². The molecule has 1 saturated heterocycles. The van der Waals surface area contributed by atoms with Gasteiger partial charge in [-0.3, -0.25) is 0 Å². The Balaban J connectivity index is 2.35. The second-order valence-corrected chi connectivity index (χ2v) is 5.21. The Morgan fingerprint density at radius 3 is 2.95 bits per heavy atom. The third-order valence-electron chi connectivity index (χ3n) is 3.81. The zero-order chi connectivity index (χ0) is 13.8. The summed E-state index contributed by atoms with van der Waals surface area (Å²) in [4.78, 5) is 13.7. The molecule has 19 heavy (non-hydrogen) atoms. The number of nitrogens with zero attached hydrogens (tertiary/aromatic N) is 1. The van der Waals surface area contributed by atoms with E-state index in [1.165, 1.54) is 6.42 Å². The number of carboxylic acid groups (broad SMARTS) is 1. The van der Waals surface area contributed by atoms with E-state index in [1.54, 1.807) is 12.1 Å². The van der Waals surface area contributed by atoms with E-state index in [2.05, 4.69) is 11.8 Å². The highest BCUT2D eigenvalue weighted by atomic mass is 16.4. The second-order valence-electron chi connectivity index (χ2n) is 5.21. The number of aromatic carboxylic acids is 1. The molecule has 1 fully saturated rings. The Labute approximate surface area is 114 Å². The molecule has 0 radical (unpaired) electrons. The van der Waals surface area contributed by atoms with Gasteiger partial charge >= 0.3 is 5.97 Å². The molecular weight excluding hydrogens is 240 g/mol. The minimum absolute atomic E-state index is 0.322. The van der Waals surface area contributed by atoms with E-state index < -0.39 is 5.97 Å². The Kier molecular flexibility index (Phi) is 4.30. The molecule has 1 aliphatic heterocycles. The topological polar surface area (TPSA) is 66.6 Å². The van der Waals surface area contributed by atoms with Crippen LogP contribution in [0.4, 0.5) is 11.4 Å². The number of hydrogen-bond acceptors (Lipinski definition) is 3. The maximum absolute atomic E-state index is 11.4. The normalized spacial score (nSPS) is 19.4. The summed E-state index contributed by atoms with van der Waals surface area (Å²) in [6.45, 7) is 3.11. The highest BCUT2D eigenvalue weighted by Crippen LogP contribution is 2.31. The van der Waals surface area contributed by atoms with Gasteiger partial charge in [-0.05, 0) is 43.9 Å². The molecule has 0 aliphatic carbocycles. The van der Waals surface area contributed by atoms with E-state index in [0.717, 1.165) is 37.9 Å². The lowest BCUT2D eigenvalue weighted by molar-refractivity contribution is 0.0697. The van der Waals surface area contributed by atoms with Crippen LogP contribution >= 0.6 is 0 Å². The fraction of sp³-hybridized carbons (Fsp3) is 0.533. The molecule has 1 aromatic carbocycles. The van der Waals surface area contributed by atoms with Gasteiger partial charge in [0.2, 0.25) is 0 Å². The largest absolute Gasteiger partial charge is 0.478 e. The summed E-state index contributed by atoms with van der Waals surface area (Å²) in [5.74, 6) is -0.900. The minimum atomic E-state index is -0.900. The Bertz CT molecular complexity index is 457. The number of anilines is 2. The monoisotopic (exact) mass is 262 g/mol. The van der Waals surface area contributed by atoms with E-state index in [1.807, 2.05) is 6.07 Å². The lowest BCUT2D eigenvalue weighted by atomic mass is 9.96. The van der Waals surface area contributed by atoms with Crippen molar-refractivity contribution in [2.75, 3.05) is 17.2 Å². The van der Waals surface area contributed by atoms with E-state index in [4.69, 9.17) is 5.73 Å². The van der Waals surface area contributed by atoms with E-state index in [-0.39, 0.29) is 0 Å². The number of carbonyl (C=O) groups is 1. The second kappa shape index (κ2) is 5.95. The van der Waals surface area contributed by atoms with Crippen molar-refractivity contribution in [2.45, 2.75) is 45.1 Å². The van der Waals surface area contributed by atoms with Crippen molar-refractivity contribution >= 4 is 17.3 Å². The van der Waals surface area contributed by atoms with Crippen molar-refractivity contribution in [3.63, 3.8) is 0 Å². The highest BCUT2D eigenvalue weighted by molar-refractivity contribution is 5.95. The third-order valence-corrected chi connectivity index (χ3v) is 3.81. The average molecular weight is 262 g/mol. The van der Waals surface area contributed by atoms with Gasteiger partial charge in [0.05, 0.1) is 11.3 Å². The molecule has 0 amide bonds. The van der Waals surface area contributed by atoms with Crippen LogP contribution in [0.15, 0.2) is 18.2 Å². The molecule has 1 unspecified atom stereocenters. The van der Waals surface area contributed by atoms with Crippen LogP contribution in [0.1, 0.15) is 49.4 Å². The summed E-state index contributed by atoms with van der Waals surface area (Å²) in [5, 5.41) is 9.35. The van der Waals surface area contributed by atoms with Crippen molar-refractivity contribution in [3.05, 3.63) is 23.8 Å². The number of carboxylic acids is 1. The predicted molar refractivity (Wildman–Crippen MR) is 77.7 cm³/mol. The molecule has 3 N–H and O–H groups in total. The van der Waals surface area contributed by atoms with Crippen LogP contribution in [-0.4, -0.2) is 23.7 Å². The van der Waals surface area contributed by atoms with E-state index in [0.29, 0.717) is 17.3 Å². The first kappa shape index (κ1) is 13.7. The van der Waals surface area contributed by atoms with Gasteiger partial charge in [0, 0.05) is 18.3 Å². The third kappa shape index (κ3) is 3.00. The maximum atomic E-state index is 11.4. The molecule has 4 heteroatoms. The summed E-state index contributed by atoms with van der Waals surface area (Å²) >= 11 is 0. The fourth-order valence-corrected chi connectivity index (χ4v) is 2.93. The summed E-state index contributed by atoms with van der Waals surface area (Å²) in [5.41, 5.74) is 7.35. The molecular formula is C15H22N2O2. The number of hydrogen-bond donors (Lipinski definition) is 2. The number of rotatable bonds is 4. The predicted octanol–water partition coefficient (Wildman–Crippen LogP) is 3.13. The maximum Gasteiger partial charge on any atom is 0.337 e. The van der Waals surface area contributed by atoms with Crippen molar-refractivity contribution in [1.82, 2.24) is 0 Å². The minimum Gasteiger partial charge on any atom is -0.478 e. The Morgan fingerprint density at radius 1 is 1.47 bits per heavy atom. The number of nitrogen functional groups attached to an aromatic ring is 1. The molecule has 0 bridgehead atoms. The summed E-state index contributed by atoms with van der Waals surface area (Å²) in [6, 6.07) is 5.67. The standard InChI is InChI=1S/C15H22N2O2/c1-2-5-12-6-3-4-9-17(12)14-8-7-11(16)10-13(14)15(18)19/h7-8,10,12H,2-6,9,16H2,1H3,(H,18,19). The van der Waals surface area contributed by atoms with Crippen molar-refractivity contribution in [1.29, 1.82) is 0 Å². The molecule has 0 saturated carbocycles. The summed E-state index contributed by atoms with van der Waals surface area (Å²) in [6.07, 6.45) is 5.75. The average Bonchev–Trinajstić information content (AvgIpc) is 2.40. The molecule has 4 nitrogen and oxygen atoms in total. The van der Waals surface area contributed by atoms with Gasteiger partial charge in [-0.15, -0.1) is 0 Å². The zero-order valence-electron chi connectivity index (χ0n) is 11.4. The quantitative estimate of drug-likeness (QED) is 0.818. The van der Waals surface area contributed by atoms with Crippen molar-refractivity contribution in [3.8, 4) is 0 Å². The van der Waals surface area contributed by atoms with E-state index >= 15 is 0 Å². The smallest absolute Gasteiger partial charge is 0.337 e. The van der Waals surface area contributed by atoms with Gasteiger partial charge in [0.25, 0.3) is 0 Å². The Morgan fingerprint density at radius 2 is 2.26 bits per heavy atom. The Hall–Kier alpha value is -1.71. The number of piperidine rings is 1. The first-order chi connectivity index (χ1) is 9.13. The lowest BCUT2D eigenvalue weighted by Crippen LogP contribution is -2.40. The molecule has 2 rings (SSSR count). The first-order valence-corrected chi connectivity index (χ1v) is 7.03. The summed E-state index contributed by atoms with van der Waals surface area (Å²) < 4.78 is 0. The van der Waals surface area contributed by atoms with Crippen molar-refractivity contribution in [2.24, 2.45) is 0 Å². The van der Waals surface area contributed by atoms with Crippen LogP contribution in [0, 0.1) is 0 Å². The zero-order valence-corrected chi connectivity index (χ0v) is 11.4. The van der Waals surface area contributed by atoms with Gasteiger partial charge in [0.15, 0.2) is 0 Å². The van der Waals surface area contributed by atoms with Gasteiger partial charge < -0.3 is 15.7 Å². The molecule has 1 aliphatic rings. The molecule has 104 valence electrons. The SMILES string of the molecule is CCCC1CCCCN1c1ccc(N)cc1C(=O)O. The lowest BCUT2D eigenvalue weighted by Gasteiger charge is -2.38.